The van der Waals surface area contributed by atoms with Crippen molar-refractivity contribution in [3.63, 3.8) is 0 Å². The van der Waals surface area contributed by atoms with Gasteiger partial charge in [-0.2, -0.15) is 5.11 Å². The summed E-state index contributed by atoms with van der Waals surface area (Å²) in [6, 6.07) is 15.0. The van der Waals surface area contributed by atoms with Gasteiger partial charge in [-0.1, -0.05) is 43.7 Å². The monoisotopic (exact) mass is 254 g/mol. The van der Waals surface area contributed by atoms with Crippen molar-refractivity contribution in [3.8, 4) is 5.75 Å². The summed E-state index contributed by atoms with van der Waals surface area (Å²) in [7, 11) is 0. The summed E-state index contributed by atoms with van der Waals surface area (Å²) in [6.45, 7) is 2.17. The number of phenols is 1. The van der Waals surface area contributed by atoms with Crippen molar-refractivity contribution >= 4 is 11.4 Å². The molecule has 0 heterocycles. The Hall–Kier alpha value is -2.16. The molecule has 19 heavy (non-hydrogen) atoms. The van der Waals surface area contributed by atoms with Crippen LogP contribution in [0.2, 0.25) is 0 Å². The quantitative estimate of drug-likeness (QED) is 0.737. The van der Waals surface area contributed by atoms with Gasteiger partial charge in [-0.3, -0.25) is 0 Å². The summed E-state index contributed by atoms with van der Waals surface area (Å²) >= 11 is 0. The van der Waals surface area contributed by atoms with Gasteiger partial charge in [0.05, 0.1) is 5.69 Å². The molecule has 0 saturated heterocycles. The van der Waals surface area contributed by atoms with Crippen LogP contribution in [0.25, 0.3) is 0 Å². The van der Waals surface area contributed by atoms with Crippen LogP contribution in [0.3, 0.4) is 0 Å². The molecule has 0 saturated carbocycles. The Balaban J connectivity index is 2.21. The Labute approximate surface area is 113 Å². The molecule has 98 valence electrons. The normalized spacial score (nSPS) is 11.0. The van der Waals surface area contributed by atoms with Gasteiger partial charge in [0, 0.05) is 0 Å². The molecule has 0 spiro atoms. The standard InChI is InChI=1S/C16H18N2O/c1-2-3-8-13-9-4-5-10-14(13)17-18-15-11-6-7-12-16(15)19/h4-7,9-12,19H,2-3,8H2,1H3. The Kier molecular flexibility index (Phi) is 4.67. The number of aromatic hydroxyl groups is 1. The fraction of sp³-hybridized carbons (Fsp3) is 0.250. The lowest BCUT2D eigenvalue weighted by atomic mass is 10.1. The third-order valence-electron chi connectivity index (χ3n) is 2.94. The van der Waals surface area contributed by atoms with E-state index in [1.54, 1.807) is 18.2 Å². The van der Waals surface area contributed by atoms with E-state index in [9.17, 15) is 5.11 Å². The Morgan fingerprint density at radius 3 is 2.26 bits per heavy atom. The third kappa shape index (κ3) is 3.65. The average Bonchev–Trinajstić information content (AvgIpc) is 2.45. The van der Waals surface area contributed by atoms with E-state index in [2.05, 4.69) is 23.2 Å². The number of hydrogen-bond acceptors (Lipinski definition) is 3. The number of rotatable bonds is 5. The summed E-state index contributed by atoms with van der Waals surface area (Å²) in [4.78, 5) is 0. The van der Waals surface area contributed by atoms with Gasteiger partial charge >= 0.3 is 0 Å². The molecule has 1 N–H and O–H groups in total. The van der Waals surface area contributed by atoms with Crippen molar-refractivity contribution in [3.05, 3.63) is 54.1 Å². The number of unbranched alkanes of at least 4 members (excludes halogenated alkanes) is 1. The zero-order chi connectivity index (χ0) is 13.5. The van der Waals surface area contributed by atoms with E-state index >= 15 is 0 Å². The predicted octanol–water partition coefficient (Wildman–Crippen LogP) is 5.15. The minimum Gasteiger partial charge on any atom is -0.506 e. The Morgan fingerprint density at radius 1 is 0.895 bits per heavy atom. The molecular formula is C16H18N2O. The van der Waals surface area contributed by atoms with Crippen LogP contribution >= 0.6 is 0 Å². The van der Waals surface area contributed by atoms with Crippen LogP contribution in [0, 0.1) is 0 Å². The molecule has 0 aromatic heterocycles. The van der Waals surface area contributed by atoms with Gasteiger partial charge < -0.3 is 5.11 Å². The first-order valence-corrected chi connectivity index (χ1v) is 6.59. The van der Waals surface area contributed by atoms with E-state index in [1.807, 2.05) is 24.3 Å². The highest BCUT2D eigenvalue weighted by Crippen LogP contribution is 2.28. The summed E-state index contributed by atoms with van der Waals surface area (Å²) in [6.07, 6.45) is 3.31. The van der Waals surface area contributed by atoms with Gasteiger partial charge in [0.15, 0.2) is 0 Å². The van der Waals surface area contributed by atoms with Crippen LogP contribution in [0.5, 0.6) is 5.75 Å². The molecule has 0 fully saturated rings. The number of para-hydroxylation sites is 1. The van der Waals surface area contributed by atoms with Crippen molar-refractivity contribution < 1.29 is 5.11 Å². The average molecular weight is 254 g/mol. The van der Waals surface area contributed by atoms with E-state index < -0.39 is 0 Å². The zero-order valence-electron chi connectivity index (χ0n) is 11.1. The lowest BCUT2D eigenvalue weighted by molar-refractivity contribution is 0.476. The van der Waals surface area contributed by atoms with E-state index in [0.717, 1.165) is 24.9 Å². The fourth-order valence-corrected chi connectivity index (χ4v) is 1.84. The number of hydrogen-bond donors (Lipinski definition) is 1. The summed E-state index contributed by atoms with van der Waals surface area (Å²) in [5.74, 6) is 0.150. The maximum Gasteiger partial charge on any atom is 0.143 e. The van der Waals surface area contributed by atoms with E-state index in [4.69, 9.17) is 0 Å². The molecular weight excluding hydrogens is 236 g/mol. The van der Waals surface area contributed by atoms with Crippen molar-refractivity contribution in [1.29, 1.82) is 0 Å². The second kappa shape index (κ2) is 6.69. The van der Waals surface area contributed by atoms with Crippen LogP contribution in [0.15, 0.2) is 58.8 Å². The number of azo groups is 1. The van der Waals surface area contributed by atoms with Crippen molar-refractivity contribution in [2.45, 2.75) is 26.2 Å². The molecule has 3 nitrogen and oxygen atoms in total. The zero-order valence-corrected chi connectivity index (χ0v) is 11.1. The first-order valence-electron chi connectivity index (χ1n) is 6.59. The van der Waals surface area contributed by atoms with Gasteiger partial charge in [-0.05, 0) is 36.6 Å². The number of aryl methyl sites for hydroxylation is 1. The predicted molar refractivity (Wildman–Crippen MR) is 77.3 cm³/mol. The molecule has 3 heteroatoms. The van der Waals surface area contributed by atoms with Crippen LogP contribution in [0.4, 0.5) is 11.4 Å². The SMILES string of the molecule is CCCCc1ccccc1N=Nc1ccccc1O. The summed E-state index contributed by atoms with van der Waals surface area (Å²) in [5.41, 5.74) is 2.57. The largest absolute Gasteiger partial charge is 0.506 e. The second-order valence-corrected chi connectivity index (χ2v) is 4.42. The highest BCUT2D eigenvalue weighted by molar-refractivity contribution is 5.51. The van der Waals surface area contributed by atoms with Gasteiger partial charge in [0.1, 0.15) is 11.4 Å². The smallest absolute Gasteiger partial charge is 0.143 e. The fourth-order valence-electron chi connectivity index (χ4n) is 1.84. The van der Waals surface area contributed by atoms with E-state index in [0.29, 0.717) is 5.69 Å². The second-order valence-electron chi connectivity index (χ2n) is 4.42. The number of benzene rings is 2. The summed E-state index contributed by atoms with van der Waals surface area (Å²) < 4.78 is 0. The van der Waals surface area contributed by atoms with Gasteiger partial charge in [0.2, 0.25) is 0 Å². The van der Waals surface area contributed by atoms with Crippen molar-refractivity contribution in [1.82, 2.24) is 0 Å². The molecule has 0 aliphatic rings. The Bertz CT molecular complexity index is 564. The highest BCUT2D eigenvalue weighted by Gasteiger charge is 2.01. The van der Waals surface area contributed by atoms with E-state index in [1.165, 1.54) is 5.56 Å². The van der Waals surface area contributed by atoms with Crippen LogP contribution in [-0.4, -0.2) is 5.11 Å². The van der Waals surface area contributed by atoms with Gasteiger partial charge in [0.25, 0.3) is 0 Å². The maximum absolute atomic E-state index is 9.65. The molecule has 2 rings (SSSR count). The number of phenolic OH excluding ortho intramolecular Hbond substituents is 1. The molecule has 2 aromatic carbocycles. The molecule has 0 aliphatic heterocycles. The molecule has 0 bridgehead atoms. The van der Waals surface area contributed by atoms with Gasteiger partial charge in [-0.15, -0.1) is 5.11 Å². The lowest BCUT2D eigenvalue weighted by Gasteiger charge is -2.03. The Morgan fingerprint density at radius 2 is 1.53 bits per heavy atom. The third-order valence-corrected chi connectivity index (χ3v) is 2.94. The highest BCUT2D eigenvalue weighted by atomic mass is 16.3. The number of nitrogens with zero attached hydrogens (tertiary/aromatic N) is 2. The van der Waals surface area contributed by atoms with Crippen LogP contribution in [-0.2, 0) is 6.42 Å². The molecule has 0 aliphatic carbocycles. The van der Waals surface area contributed by atoms with Crippen molar-refractivity contribution in [2.24, 2.45) is 10.2 Å². The van der Waals surface area contributed by atoms with Crippen molar-refractivity contribution in [2.75, 3.05) is 0 Å². The van der Waals surface area contributed by atoms with Crippen LogP contribution in [0.1, 0.15) is 25.3 Å². The van der Waals surface area contributed by atoms with E-state index in [-0.39, 0.29) is 5.75 Å². The summed E-state index contributed by atoms with van der Waals surface area (Å²) in [5, 5.41) is 18.0. The minimum absolute atomic E-state index is 0.150. The molecule has 0 radical (unpaired) electrons. The maximum atomic E-state index is 9.65. The van der Waals surface area contributed by atoms with Crippen LogP contribution < -0.4 is 0 Å². The topological polar surface area (TPSA) is 45.0 Å². The molecule has 0 unspecified atom stereocenters. The molecule has 0 amide bonds. The lowest BCUT2D eigenvalue weighted by Crippen LogP contribution is -1.84. The first-order chi connectivity index (χ1) is 9.31. The first kappa shape index (κ1) is 13.3. The molecule has 0 atom stereocenters. The molecule has 2 aromatic rings. The van der Waals surface area contributed by atoms with Gasteiger partial charge in [-0.25, -0.2) is 0 Å². The minimum atomic E-state index is 0.150.